The summed E-state index contributed by atoms with van der Waals surface area (Å²) in [6.07, 6.45) is 0. The Bertz CT molecular complexity index is 571. The van der Waals surface area contributed by atoms with E-state index in [4.69, 9.17) is 4.42 Å². The average Bonchev–Trinajstić information content (AvgIpc) is 2.69. The molecular formula is C13H19N5O. The third-order valence-electron chi connectivity index (χ3n) is 2.97. The number of hydrogen-bond donors (Lipinski definition) is 2. The van der Waals surface area contributed by atoms with Crippen LogP contribution >= 0.6 is 0 Å². The lowest BCUT2D eigenvalue weighted by Crippen LogP contribution is -2.08. The van der Waals surface area contributed by atoms with Crippen LogP contribution in [0.2, 0.25) is 0 Å². The molecule has 0 saturated heterocycles. The molecule has 6 nitrogen and oxygen atoms in total. The van der Waals surface area contributed by atoms with Gasteiger partial charge in [-0.1, -0.05) is 0 Å². The number of oxazole rings is 1. The maximum absolute atomic E-state index is 5.53. The molecule has 2 N–H and O–H groups in total. The molecule has 0 fully saturated rings. The first-order chi connectivity index (χ1) is 9.01. The van der Waals surface area contributed by atoms with E-state index in [1.165, 1.54) is 0 Å². The first kappa shape index (κ1) is 13.3. The van der Waals surface area contributed by atoms with Crippen molar-refractivity contribution in [3.63, 3.8) is 0 Å². The van der Waals surface area contributed by atoms with Crippen molar-refractivity contribution in [3.8, 4) is 0 Å². The highest BCUT2D eigenvalue weighted by Gasteiger charge is 2.10. The van der Waals surface area contributed by atoms with Gasteiger partial charge >= 0.3 is 0 Å². The Morgan fingerprint density at radius 2 is 1.68 bits per heavy atom. The van der Waals surface area contributed by atoms with Gasteiger partial charge in [-0.2, -0.15) is 0 Å². The van der Waals surface area contributed by atoms with Crippen LogP contribution in [0.5, 0.6) is 0 Å². The van der Waals surface area contributed by atoms with Crippen LogP contribution in [0, 0.1) is 27.7 Å². The van der Waals surface area contributed by atoms with E-state index in [9.17, 15) is 0 Å². The normalized spacial score (nSPS) is 10.6. The highest BCUT2D eigenvalue weighted by Crippen LogP contribution is 2.20. The molecule has 2 aromatic heterocycles. The van der Waals surface area contributed by atoms with E-state index in [0.717, 1.165) is 34.5 Å². The standard InChI is InChI=1S/C13H19N5O/c1-7-12(14-5)17-10(4)18-13(7)15-6-11-16-8(2)9(3)19-11/h6H2,1-5H3,(H2,14,15,17,18). The van der Waals surface area contributed by atoms with E-state index in [1.54, 1.807) is 0 Å². The molecule has 0 saturated carbocycles. The fraction of sp³-hybridized carbons (Fsp3) is 0.462. The Hall–Kier alpha value is -2.11. The molecule has 0 radical (unpaired) electrons. The van der Waals surface area contributed by atoms with Crippen molar-refractivity contribution < 1.29 is 4.42 Å². The monoisotopic (exact) mass is 261 g/mol. The number of aryl methyl sites for hydroxylation is 3. The average molecular weight is 261 g/mol. The van der Waals surface area contributed by atoms with Crippen LogP contribution in [0.4, 0.5) is 11.6 Å². The summed E-state index contributed by atoms with van der Waals surface area (Å²) in [6.45, 7) is 8.19. The van der Waals surface area contributed by atoms with Gasteiger partial charge in [0.25, 0.3) is 0 Å². The van der Waals surface area contributed by atoms with Crippen LogP contribution < -0.4 is 10.6 Å². The smallest absolute Gasteiger partial charge is 0.213 e. The quantitative estimate of drug-likeness (QED) is 0.880. The van der Waals surface area contributed by atoms with Crippen molar-refractivity contribution in [1.82, 2.24) is 15.0 Å². The lowest BCUT2D eigenvalue weighted by atomic mass is 10.3. The molecule has 19 heavy (non-hydrogen) atoms. The second-order valence-corrected chi connectivity index (χ2v) is 4.45. The van der Waals surface area contributed by atoms with Gasteiger partial charge in [-0.25, -0.2) is 15.0 Å². The zero-order valence-electron chi connectivity index (χ0n) is 12.0. The summed E-state index contributed by atoms with van der Waals surface area (Å²) in [5.41, 5.74) is 1.90. The van der Waals surface area contributed by atoms with Crippen molar-refractivity contribution in [1.29, 1.82) is 0 Å². The third kappa shape index (κ3) is 2.83. The number of anilines is 2. The van der Waals surface area contributed by atoms with Crippen molar-refractivity contribution in [2.75, 3.05) is 17.7 Å². The van der Waals surface area contributed by atoms with Crippen LogP contribution in [0.3, 0.4) is 0 Å². The lowest BCUT2D eigenvalue weighted by molar-refractivity contribution is 0.478. The van der Waals surface area contributed by atoms with Crippen molar-refractivity contribution >= 4 is 11.6 Å². The maximum Gasteiger partial charge on any atom is 0.213 e. The van der Waals surface area contributed by atoms with Gasteiger partial charge in [0.15, 0.2) is 0 Å². The van der Waals surface area contributed by atoms with Gasteiger partial charge in [-0.3, -0.25) is 0 Å². The molecule has 0 aliphatic carbocycles. The van der Waals surface area contributed by atoms with Crippen molar-refractivity contribution in [2.24, 2.45) is 0 Å². The predicted octanol–water partition coefficient (Wildman–Crippen LogP) is 2.35. The fourth-order valence-electron chi connectivity index (χ4n) is 1.82. The predicted molar refractivity (Wildman–Crippen MR) is 74.4 cm³/mol. The largest absolute Gasteiger partial charge is 0.444 e. The maximum atomic E-state index is 5.53. The summed E-state index contributed by atoms with van der Waals surface area (Å²) in [5, 5.41) is 6.30. The number of nitrogens with zero attached hydrogens (tertiary/aromatic N) is 3. The topological polar surface area (TPSA) is 75.9 Å². The fourth-order valence-corrected chi connectivity index (χ4v) is 1.82. The highest BCUT2D eigenvalue weighted by molar-refractivity contribution is 5.56. The van der Waals surface area contributed by atoms with Crippen LogP contribution in [-0.4, -0.2) is 22.0 Å². The number of rotatable bonds is 4. The Kier molecular flexibility index (Phi) is 3.69. The molecule has 6 heteroatoms. The summed E-state index contributed by atoms with van der Waals surface area (Å²) in [5.74, 6) is 3.86. The van der Waals surface area contributed by atoms with Crippen LogP contribution in [0.15, 0.2) is 4.42 Å². The van der Waals surface area contributed by atoms with E-state index in [1.807, 2.05) is 34.7 Å². The Labute approximate surface area is 112 Å². The summed E-state index contributed by atoms with van der Waals surface area (Å²) in [7, 11) is 1.85. The molecule has 2 aromatic rings. The summed E-state index contributed by atoms with van der Waals surface area (Å²) in [6, 6.07) is 0. The van der Waals surface area contributed by atoms with E-state index >= 15 is 0 Å². The summed E-state index contributed by atoms with van der Waals surface area (Å²) >= 11 is 0. The molecule has 0 bridgehead atoms. The van der Waals surface area contributed by atoms with Crippen LogP contribution in [-0.2, 0) is 6.54 Å². The summed E-state index contributed by atoms with van der Waals surface area (Å²) < 4.78 is 5.53. The Morgan fingerprint density at radius 3 is 2.26 bits per heavy atom. The zero-order valence-corrected chi connectivity index (χ0v) is 12.0. The van der Waals surface area contributed by atoms with E-state index in [0.29, 0.717) is 12.4 Å². The molecule has 2 rings (SSSR count). The SMILES string of the molecule is CNc1nc(C)nc(NCc2nc(C)c(C)o2)c1C. The third-order valence-corrected chi connectivity index (χ3v) is 2.97. The van der Waals surface area contributed by atoms with Crippen LogP contribution in [0.1, 0.15) is 28.7 Å². The molecule has 0 aromatic carbocycles. The molecule has 0 atom stereocenters. The zero-order chi connectivity index (χ0) is 14.0. The first-order valence-corrected chi connectivity index (χ1v) is 6.21. The second kappa shape index (κ2) is 5.26. The van der Waals surface area contributed by atoms with Crippen molar-refractivity contribution in [2.45, 2.75) is 34.2 Å². The van der Waals surface area contributed by atoms with Gasteiger partial charge in [-0.15, -0.1) is 0 Å². The van der Waals surface area contributed by atoms with E-state index in [2.05, 4.69) is 25.6 Å². The lowest BCUT2D eigenvalue weighted by Gasteiger charge is -2.11. The van der Waals surface area contributed by atoms with Gasteiger partial charge in [-0.05, 0) is 27.7 Å². The minimum Gasteiger partial charge on any atom is -0.444 e. The second-order valence-electron chi connectivity index (χ2n) is 4.45. The molecule has 0 spiro atoms. The molecule has 102 valence electrons. The Balaban J connectivity index is 2.17. The summed E-state index contributed by atoms with van der Waals surface area (Å²) in [4.78, 5) is 13.0. The van der Waals surface area contributed by atoms with Crippen molar-refractivity contribution in [3.05, 3.63) is 28.7 Å². The van der Waals surface area contributed by atoms with E-state index in [-0.39, 0.29) is 0 Å². The Morgan fingerprint density at radius 1 is 1.00 bits per heavy atom. The molecule has 0 unspecified atom stereocenters. The minimum atomic E-state index is 0.509. The van der Waals surface area contributed by atoms with Gasteiger partial charge < -0.3 is 15.1 Å². The van der Waals surface area contributed by atoms with Gasteiger partial charge in [0.05, 0.1) is 12.2 Å². The van der Waals surface area contributed by atoms with Gasteiger partial charge in [0, 0.05) is 12.6 Å². The first-order valence-electron chi connectivity index (χ1n) is 6.21. The molecule has 0 amide bonds. The van der Waals surface area contributed by atoms with Gasteiger partial charge in [0.1, 0.15) is 23.2 Å². The molecule has 2 heterocycles. The minimum absolute atomic E-state index is 0.509. The molecular weight excluding hydrogens is 242 g/mol. The van der Waals surface area contributed by atoms with Gasteiger partial charge in [0.2, 0.25) is 5.89 Å². The number of hydrogen-bond acceptors (Lipinski definition) is 6. The number of nitrogens with one attached hydrogen (secondary N) is 2. The highest BCUT2D eigenvalue weighted by atomic mass is 16.4. The molecule has 0 aliphatic heterocycles. The van der Waals surface area contributed by atoms with Crippen LogP contribution in [0.25, 0.3) is 0 Å². The van der Waals surface area contributed by atoms with E-state index < -0.39 is 0 Å². The number of aromatic nitrogens is 3. The molecule has 0 aliphatic rings.